The number of para-hydroxylation sites is 1. The van der Waals surface area contributed by atoms with Crippen LogP contribution in [0.15, 0.2) is 78.9 Å². The van der Waals surface area contributed by atoms with Crippen molar-refractivity contribution in [3.8, 4) is 5.75 Å². The highest BCUT2D eigenvalue weighted by Crippen LogP contribution is 2.23. The van der Waals surface area contributed by atoms with Crippen molar-refractivity contribution in [2.24, 2.45) is 0 Å². The third kappa shape index (κ3) is 6.34. The van der Waals surface area contributed by atoms with E-state index in [9.17, 15) is 9.59 Å². The molecule has 1 atom stereocenters. The zero-order valence-electron chi connectivity index (χ0n) is 18.3. The Bertz CT molecular complexity index is 1060. The largest absolute Gasteiger partial charge is 0.482 e. The molecule has 5 nitrogen and oxygen atoms in total. The molecule has 0 aromatic heterocycles. The molecule has 3 rings (SSSR count). The number of halogens is 1. The molecule has 0 aliphatic heterocycles. The molecular weight excluding hydrogens is 424 g/mol. The van der Waals surface area contributed by atoms with Gasteiger partial charge in [0.05, 0.1) is 5.02 Å². The summed E-state index contributed by atoms with van der Waals surface area (Å²) in [6.45, 7) is 2.06. The normalized spacial score (nSPS) is 11.5. The van der Waals surface area contributed by atoms with Crippen LogP contribution in [0.3, 0.4) is 0 Å². The fourth-order valence-corrected chi connectivity index (χ4v) is 3.70. The molecule has 0 bridgehead atoms. The maximum atomic E-state index is 13.3. The highest BCUT2D eigenvalue weighted by molar-refractivity contribution is 6.32. The highest BCUT2D eigenvalue weighted by atomic mass is 35.5. The molecule has 1 N–H and O–H groups in total. The molecule has 0 fully saturated rings. The van der Waals surface area contributed by atoms with Crippen molar-refractivity contribution in [1.29, 1.82) is 0 Å². The molecule has 3 aromatic carbocycles. The van der Waals surface area contributed by atoms with Crippen LogP contribution in [0.25, 0.3) is 0 Å². The molecule has 0 saturated heterocycles. The summed E-state index contributed by atoms with van der Waals surface area (Å²) in [5, 5.41) is 3.13. The Morgan fingerprint density at radius 3 is 2.34 bits per heavy atom. The second-order valence-electron chi connectivity index (χ2n) is 7.55. The van der Waals surface area contributed by atoms with Crippen molar-refractivity contribution in [1.82, 2.24) is 10.2 Å². The van der Waals surface area contributed by atoms with E-state index in [4.69, 9.17) is 16.3 Å². The number of benzene rings is 3. The Balaban J connectivity index is 1.88. The third-order valence-corrected chi connectivity index (χ3v) is 5.45. The predicted molar refractivity (Wildman–Crippen MR) is 127 cm³/mol. The van der Waals surface area contributed by atoms with E-state index in [0.717, 1.165) is 16.7 Å². The molecule has 1 unspecified atom stereocenters. The number of likely N-dealkylation sites (N-methyl/N-ethyl adjacent to an activating group) is 1. The first-order chi connectivity index (χ1) is 15.5. The van der Waals surface area contributed by atoms with Crippen molar-refractivity contribution >= 4 is 23.4 Å². The maximum Gasteiger partial charge on any atom is 0.261 e. The molecule has 0 spiro atoms. The average Bonchev–Trinajstić information content (AvgIpc) is 2.81. The lowest BCUT2D eigenvalue weighted by atomic mass is 10.0. The second-order valence-corrected chi connectivity index (χ2v) is 7.96. The third-order valence-electron chi connectivity index (χ3n) is 5.14. The van der Waals surface area contributed by atoms with E-state index in [-0.39, 0.29) is 25.0 Å². The summed E-state index contributed by atoms with van der Waals surface area (Å²) in [5.41, 5.74) is 3.00. The summed E-state index contributed by atoms with van der Waals surface area (Å²) in [7, 11) is 1.58. The van der Waals surface area contributed by atoms with E-state index in [1.54, 1.807) is 36.2 Å². The number of hydrogen-bond acceptors (Lipinski definition) is 3. The Morgan fingerprint density at radius 1 is 0.969 bits per heavy atom. The van der Waals surface area contributed by atoms with Crippen LogP contribution in [-0.4, -0.2) is 36.4 Å². The number of rotatable bonds is 9. The van der Waals surface area contributed by atoms with E-state index in [1.807, 2.05) is 61.5 Å². The highest BCUT2D eigenvalue weighted by Gasteiger charge is 2.30. The van der Waals surface area contributed by atoms with Crippen LogP contribution in [0.4, 0.5) is 0 Å². The molecule has 0 saturated carbocycles. The molecule has 2 amide bonds. The Hall–Kier alpha value is -3.31. The number of carbonyl (C=O) groups is 2. The van der Waals surface area contributed by atoms with Crippen LogP contribution in [-0.2, 0) is 22.6 Å². The molecule has 0 aliphatic rings. The van der Waals surface area contributed by atoms with Crippen molar-refractivity contribution in [3.05, 3.63) is 101 Å². The fraction of sp³-hybridized carbons (Fsp3) is 0.231. The first-order valence-electron chi connectivity index (χ1n) is 10.5. The van der Waals surface area contributed by atoms with Gasteiger partial charge in [0.25, 0.3) is 5.91 Å². The molecule has 166 valence electrons. The van der Waals surface area contributed by atoms with Gasteiger partial charge < -0.3 is 15.0 Å². The number of ether oxygens (including phenoxy) is 1. The van der Waals surface area contributed by atoms with Gasteiger partial charge in [0.15, 0.2) is 6.61 Å². The van der Waals surface area contributed by atoms with Crippen molar-refractivity contribution < 1.29 is 14.3 Å². The van der Waals surface area contributed by atoms with E-state index in [0.29, 0.717) is 17.2 Å². The summed E-state index contributed by atoms with van der Waals surface area (Å²) in [4.78, 5) is 27.8. The Morgan fingerprint density at radius 2 is 1.66 bits per heavy atom. The topological polar surface area (TPSA) is 58.6 Å². The van der Waals surface area contributed by atoms with Crippen LogP contribution in [0.2, 0.25) is 5.02 Å². The summed E-state index contributed by atoms with van der Waals surface area (Å²) >= 11 is 6.16. The SMILES string of the molecule is CNC(=O)C(Cc1ccccc1)N(Cc1cccc(C)c1)C(=O)COc1ccccc1Cl. The minimum Gasteiger partial charge on any atom is -0.482 e. The predicted octanol–water partition coefficient (Wildman–Crippen LogP) is 4.41. The lowest BCUT2D eigenvalue weighted by Gasteiger charge is -2.31. The van der Waals surface area contributed by atoms with Gasteiger partial charge in [-0.25, -0.2) is 0 Å². The summed E-state index contributed by atoms with van der Waals surface area (Å²) in [6, 6.07) is 23.9. The molecule has 0 heterocycles. The maximum absolute atomic E-state index is 13.3. The van der Waals surface area contributed by atoms with Gasteiger partial charge in [-0.05, 0) is 30.2 Å². The minimum atomic E-state index is -0.690. The van der Waals surface area contributed by atoms with Crippen LogP contribution >= 0.6 is 11.6 Å². The molecule has 32 heavy (non-hydrogen) atoms. The molecule has 0 radical (unpaired) electrons. The number of nitrogens with one attached hydrogen (secondary N) is 1. The fourth-order valence-electron chi connectivity index (χ4n) is 3.51. The van der Waals surface area contributed by atoms with Gasteiger partial charge in [0, 0.05) is 20.0 Å². The standard InChI is InChI=1S/C26H27ClN2O3/c1-19-9-8-12-21(15-19)17-29(25(30)18-32-24-14-7-6-13-22(24)27)23(26(31)28-2)16-20-10-4-3-5-11-20/h3-15,23H,16-18H2,1-2H3,(H,28,31). The van der Waals surface area contributed by atoms with Gasteiger partial charge in [-0.3, -0.25) is 9.59 Å². The van der Waals surface area contributed by atoms with Gasteiger partial charge in [-0.2, -0.15) is 0 Å². The first kappa shape index (κ1) is 23.4. The van der Waals surface area contributed by atoms with Crippen LogP contribution in [0.5, 0.6) is 5.75 Å². The van der Waals surface area contributed by atoms with Crippen LogP contribution in [0, 0.1) is 6.92 Å². The van der Waals surface area contributed by atoms with Crippen molar-refractivity contribution in [2.45, 2.75) is 25.9 Å². The van der Waals surface area contributed by atoms with E-state index >= 15 is 0 Å². The molecule has 3 aromatic rings. The molecule has 6 heteroatoms. The van der Waals surface area contributed by atoms with Crippen molar-refractivity contribution in [2.75, 3.05) is 13.7 Å². The minimum absolute atomic E-state index is 0.224. The number of nitrogens with zero attached hydrogens (tertiary/aromatic N) is 1. The van der Waals surface area contributed by atoms with E-state index < -0.39 is 6.04 Å². The van der Waals surface area contributed by atoms with Gasteiger partial charge in [-0.15, -0.1) is 0 Å². The van der Waals surface area contributed by atoms with Crippen LogP contribution < -0.4 is 10.1 Å². The van der Waals surface area contributed by atoms with E-state index in [2.05, 4.69) is 5.32 Å². The number of hydrogen-bond donors (Lipinski definition) is 1. The summed E-state index contributed by atoms with van der Waals surface area (Å²) in [5.74, 6) is -0.0962. The Labute approximate surface area is 194 Å². The van der Waals surface area contributed by atoms with Gasteiger partial charge >= 0.3 is 0 Å². The monoisotopic (exact) mass is 450 g/mol. The van der Waals surface area contributed by atoms with Gasteiger partial charge in [0.1, 0.15) is 11.8 Å². The van der Waals surface area contributed by atoms with Crippen LogP contribution in [0.1, 0.15) is 16.7 Å². The molecular formula is C26H27ClN2O3. The average molecular weight is 451 g/mol. The summed E-state index contributed by atoms with van der Waals surface area (Å²) in [6.07, 6.45) is 0.393. The van der Waals surface area contributed by atoms with Crippen molar-refractivity contribution in [3.63, 3.8) is 0 Å². The second kappa shape index (κ2) is 11.3. The quantitative estimate of drug-likeness (QED) is 0.525. The summed E-state index contributed by atoms with van der Waals surface area (Å²) < 4.78 is 5.70. The lowest BCUT2D eigenvalue weighted by molar-refractivity contribution is -0.142. The Kier molecular flexibility index (Phi) is 8.28. The van der Waals surface area contributed by atoms with Gasteiger partial charge in [-0.1, -0.05) is 83.9 Å². The number of amides is 2. The molecule has 0 aliphatic carbocycles. The zero-order chi connectivity index (χ0) is 22.9. The first-order valence-corrected chi connectivity index (χ1v) is 10.8. The van der Waals surface area contributed by atoms with Gasteiger partial charge in [0.2, 0.25) is 5.91 Å². The smallest absolute Gasteiger partial charge is 0.261 e. The number of carbonyl (C=O) groups excluding carboxylic acids is 2. The lowest BCUT2D eigenvalue weighted by Crippen LogP contribution is -2.51. The van der Waals surface area contributed by atoms with E-state index in [1.165, 1.54) is 0 Å². The zero-order valence-corrected chi connectivity index (χ0v) is 19.0. The number of aryl methyl sites for hydroxylation is 1.